The Kier molecular flexibility index (Phi) is 4.26. The van der Waals surface area contributed by atoms with Crippen LogP contribution in [0, 0.1) is 6.92 Å². The first kappa shape index (κ1) is 13.2. The molecule has 0 radical (unpaired) electrons. The van der Waals surface area contributed by atoms with Gasteiger partial charge in [-0.1, -0.05) is 19.1 Å². The van der Waals surface area contributed by atoms with Crippen molar-refractivity contribution in [3.8, 4) is 0 Å². The van der Waals surface area contributed by atoms with E-state index in [2.05, 4.69) is 0 Å². The van der Waals surface area contributed by atoms with Crippen LogP contribution in [0.3, 0.4) is 0 Å². The molecule has 0 saturated heterocycles. The Balaban J connectivity index is 3.51. The van der Waals surface area contributed by atoms with Gasteiger partial charge in [0.15, 0.2) is 6.29 Å². The molecular formula is C13H17NO3. The molecule has 1 heterocycles. The molecule has 92 valence electrons. The molecule has 1 aromatic rings. The molecule has 0 amide bonds. The lowest BCUT2D eigenvalue weighted by molar-refractivity contribution is 0.0682. The molecule has 17 heavy (non-hydrogen) atoms. The van der Waals surface area contributed by atoms with Crippen molar-refractivity contribution in [3.05, 3.63) is 34.7 Å². The molecule has 1 rings (SSSR count). The summed E-state index contributed by atoms with van der Waals surface area (Å²) in [4.78, 5) is 22.3. The monoisotopic (exact) mass is 235 g/mol. The van der Waals surface area contributed by atoms with Gasteiger partial charge in [-0.2, -0.15) is 0 Å². The van der Waals surface area contributed by atoms with E-state index < -0.39 is 5.97 Å². The number of aromatic nitrogens is 1. The van der Waals surface area contributed by atoms with E-state index in [0.29, 0.717) is 24.8 Å². The molecular weight excluding hydrogens is 218 g/mol. The summed E-state index contributed by atoms with van der Waals surface area (Å²) in [6.07, 6.45) is 5.07. The predicted molar refractivity (Wildman–Crippen MR) is 65.7 cm³/mol. The normalized spacial score (nSPS) is 11.0. The van der Waals surface area contributed by atoms with Crippen LogP contribution in [-0.4, -0.2) is 21.9 Å². The Morgan fingerprint density at radius 2 is 2.12 bits per heavy atom. The van der Waals surface area contributed by atoms with Crippen LogP contribution in [0.2, 0.25) is 0 Å². The maximum Gasteiger partial charge on any atom is 0.353 e. The molecule has 4 heteroatoms. The van der Waals surface area contributed by atoms with Gasteiger partial charge in [0.05, 0.1) is 5.56 Å². The molecule has 0 aliphatic rings. The fourth-order valence-electron chi connectivity index (χ4n) is 2.06. The van der Waals surface area contributed by atoms with E-state index in [0.717, 1.165) is 11.3 Å². The Bertz CT molecular complexity index is 469. The molecule has 0 unspecified atom stereocenters. The zero-order chi connectivity index (χ0) is 13.0. The van der Waals surface area contributed by atoms with Crippen molar-refractivity contribution in [1.29, 1.82) is 0 Å². The summed E-state index contributed by atoms with van der Waals surface area (Å²) in [5.41, 5.74) is 2.05. The number of carbonyl (C=O) groups excluding carboxylic acids is 1. The van der Waals surface area contributed by atoms with Crippen molar-refractivity contribution in [2.45, 2.75) is 33.7 Å². The first-order chi connectivity index (χ1) is 8.08. The molecule has 0 spiro atoms. The number of hydrogen-bond donors (Lipinski definition) is 1. The highest BCUT2D eigenvalue weighted by molar-refractivity contribution is 5.97. The Morgan fingerprint density at radius 1 is 1.47 bits per heavy atom. The molecule has 0 aliphatic carbocycles. The van der Waals surface area contributed by atoms with Gasteiger partial charge in [-0.25, -0.2) is 4.79 Å². The number of carboxylic acid groups (broad SMARTS) is 1. The van der Waals surface area contributed by atoms with Crippen molar-refractivity contribution in [3.63, 3.8) is 0 Å². The number of hydrogen-bond acceptors (Lipinski definition) is 2. The Hall–Kier alpha value is -1.84. The highest BCUT2D eigenvalue weighted by Crippen LogP contribution is 2.22. The van der Waals surface area contributed by atoms with E-state index >= 15 is 0 Å². The number of carboxylic acids is 1. The molecule has 1 N–H and O–H groups in total. The molecule has 0 bridgehead atoms. The van der Waals surface area contributed by atoms with E-state index in [1.54, 1.807) is 11.5 Å². The topological polar surface area (TPSA) is 59.3 Å². The van der Waals surface area contributed by atoms with Crippen LogP contribution in [0.25, 0.3) is 0 Å². The third kappa shape index (κ3) is 2.30. The average Bonchev–Trinajstić information content (AvgIpc) is 2.58. The summed E-state index contributed by atoms with van der Waals surface area (Å²) >= 11 is 0. The lowest BCUT2D eigenvalue weighted by atomic mass is 10.1. The van der Waals surface area contributed by atoms with Gasteiger partial charge < -0.3 is 9.67 Å². The van der Waals surface area contributed by atoms with Crippen molar-refractivity contribution in [2.75, 3.05) is 0 Å². The van der Waals surface area contributed by atoms with Crippen LogP contribution in [0.4, 0.5) is 0 Å². The van der Waals surface area contributed by atoms with E-state index in [9.17, 15) is 14.7 Å². The number of rotatable bonds is 5. The highest BCUT2D eigenvalue weighted by atomic mass is 16.4. The van der Waals surface area contributed by atoms with Gasteiger partial charge in [0.2, 0.25) is 0 Å². The predicted octanol–water partition coefficient (Wildman–Crippen LogP) is 2.45. The zero-order valence-corrected chi connectivity index (χ0v) is 10.4. The molecule has 0 atom stereocenters. The van der Waals surface area contributed by atoms with E-state index in [-0.39, 0.29) is 5.69 Å². The van der Waals surface area contributed by atoms with E-state index in [1.165, 1.54) is 0 Å². The van der Waals surface area contributed by atoms with Gasteiger partial charge in [0.1, 0.15) is 5.69 Å². The number of nitrogens with zero attached hydrogens (tertiary/aromatic N) is 1. The molecule has 0 saturated carbocycles. The van der Waals surface area contributed by atoms with Crippen LogP contribution in [-0.2, 0) is 13.0 Å². The Morgan fingerprint density at radius 3 is 2.53 bits per heavy atom. The molecule has 4 nitrogen and oxygen atoms in total. The molecule has 0 aromatic carbocycles. The SMILES string of the molecule is C/C=C/Cn1c(CC)c(C)c(C=O)c1C(=O)O. The Labute approximate surface area is 101 Å². The summed E-state index contributed by atoms with van der Waals surface area (Å²) < 4.78 is 1.70. The van der Waals surface area contributed by atoms with E-state index in [1.807, 2.05) is 26.0 Å². The van der Waals surface area contributed by atoms with Crippen LogP contribution >= 0.6 is 0 Å². The third-order valence-electron chi connectivity index (χ3n) is 2.87. The second-order valence-corrected chi connectivity index (χ2v) is 3.79. The smallest absolute Gasteiger partial charge is 0.353 e. The largest absolute Gasteiger partial charge is 0.477 e. The van der Waals surface area contributed by atoms with Crippen LogP contribution < -0.4 is 0 Å². The van der Waals surface area contributed by atoms with Gasteiger partial charge >= 0.3 is 5.97 Å². The standard InChI is InChI=1S/C13H17NO3/c1-4-6-7-14-11(5-2)9(3)10(8-15)12(14)13(16)17/h4,6,8H,5,7H2,1-3H3,(H,16,17)/b6-4+. The van der Waals surface area contributed by atoms with Crippen LogP contribution in [0.5, 0.6) is 0 Å². The van der Waals surface area contributed by atoms with Crippen LogP contribution in [0.1, 0.15) is 46.0 Å². The second-order valence-electron chi connectivity index (χ2n) is 3.79. The fraction of sp³-hybridized carbons (Fsp3) is 0.385. The molecule has 1 aromatic heterocycles. The maximum absolute atomic E-state index is 11.2. The fourth-order valence-corrected chi connectivity index (χ4v) is 2.06. The van der Waals surface area contributed by atoms with Gasteiger partial charge in [0, 0.05) is 12.2 Å². The van der Waals surface area contributed by atoms with Gasteiger partial charge in [-0.05, 0) is 25.8 Å². The number of aldehydes is 1. The lowest BCUT2D eigenvalue weighted by Crippen LogP contribution is -2.11. The third-order valence-corrected chi connectivity index (χ3v) is 2.87. The summed E-state index contributed by atoms with van der Waals surface area (Å²) in [6.45, 7) is 6.11. The number of aromatic carboxylic acids is 1. The quantitative estimate of drug-likeness (QED) is 0.630. The zero-order valence-electron chi connectivity index (χ0n) is 10.4. The minimum absolute atomic E-state index is 0.0902. The summed E-state index contributed by atoms with van der Waals surface area (Å²) in [5, 5.41) is 9.21. The average molecular weight is 235 g/mol. The van der Waals surface area contributed by atoms with Crippen molar-refractivity contribution in [2.24, 2.45) is 0 Å². The van der Waals surface area contributed by atoms with Gasteiger partial charge in [0.25, 0.3) is 0 Å². The van der Waals surface area contributed by atoms with E-state index in [4.69, 9.17) is 0 Å². The first-order valence-corrected chi connectivity index (χ1v) is 5.60. The first-order valence-electron chi connectivity index (χ1n) is 5.60. The van der Waals surface area contributed by atoms with Crippen molar-refractivity contribution >= 4 is 12.3 Å². The van der Waals surface area contributed by atoms with Gasteiger partial charge in [-0.15, -0.1) is 0 Å². The summed E-state index contributed by atoms with van der Waals surface area (Å²) in [5.74, 6) is -1.06. The van der Waals surface area contributed by atoms with Crippen LogP contribution in [0.15, 0.2) is 12.2 Å². The lowest BCUT2D eigenvalue weighted by Gasteiger charge is -2.08. The minimum Gasteiger partial charge on any atom is -0.477 e. The highest BCUT2D eigenvalue weighted by Gasteiger charge is 2.22. The van der Waals surface area contributed by atoms with Crippen molar-refractivity contribution < 1.29 is 14.7 Å². The summed E-state index contributed by atoms with van der Waals surface area (Å²) in [7, 11) is 0. The van der Waals surface area contributed by atoms with Crippen molar-refractivity contribution in [1.82, 2.24) is 4.57 Å². The van der Waals surface area contributed by atoms with Gasteiger partial charge in [-0.3, -0.25) is 4.79 Å². The number of allylic oxidation sites excluding steroid dienone is 2. The summed E-state index contributed by atoms with van der Waals surface area (Å²) in [6, 6.07) is 0. The molecule has 0 aliphatic heterocycles. The minimum atomic E-state index is -1.06. The number of carbonyl (C=O) groups is 2. The maximum atomic E-state index is 11.2. The second kappa shape index (κ2) is 5.48. The molecule has 0 fully saturated rings.